The zero-order chi connectivity index (χ0) is 12.4. The van der Waals surface area contributed by atoms with Gasteiger partial charge in [0, 0.05) is 18.7 Å². The van der Waals surface area contributed by atoms with Gasteiger partial charge in [0.05, 0.1) is 6.10 Å². The van der Waals surface area contributed by atoms with Crippen LogP contribution in [-0.4, -0.2) is 34.9 Å². The van der Waals surface area contributed by atoms with Gasteiger partial charge in [-0.15, -0.1) is 0 Å². The molecule has 2 atom stereocenters. The summed E-state index contributed by atoms with van der Waals surface area (Å²) < 4.78 is 0. The fraction of sp³-hybridized carbons (Fsp3) is 0.462. The summed E-state index contributed by atoms with van der Waals surface area (Å²) >= 11 is 0. The molecule has 1 aliphatic rings. The second-order valence-electron chi connectivity index (χ2n) is 4.52. The number of hydrogen-bond donors (Lipinski definition) is 2. The minimum atomic E-state index is -0.799. The molecule has 0 saturated carbocycles. The zero-order valence-electron chi connectivity index (χ0n) is 9.84. The number of nitrogens with zero attached hydrogens (tertiary/aromatic N) is 1. The van der Waals surface area contributed by atoms with Crippen LogP contribution in [0.2, 0.25) is 0 Å². The molecule has 0 fully saturated rings. The monoisotopic (exact) mass is 235 g/mol. The molecule has 2 rings (SSSR count). The van der Waals surface area contributed by atoms with Gasteiger partial charge in [0.15, 0.2) is 0 Å². The molecule has 0 aliphatic carbocycles. The maximum absolute atomic E-state index is 11.2. The first-order chi connectivity index (χ1) is 8.09. The molecule has 0 radical (unpaired) electrons. The summed E-state index contributed by atoms with van der Waals surface area (Å²) in [5.74, 6) is -0.799. The lowest BCUT2D eigenvalue weighted by Gasteiger charge is -2.25. The maximum atomic E-state index is 11.2. The molecule has 0 amide bonds. The van der Waals surface area contributed by atoms with E-state index in [1.165, 1.54) is 0 Å². The van der Waals surface area contributed by atoms with Gasteiger partial charge < -0.3 is 15.1 Å². The van der Waals surface area contributed by atoms with Crippen molar-refractivity contribution in [3.05, 3.63) is 29.8 Å². The van der Waals surface area contributed by atoms with E-state index < -0.39 is 18.1 Å². The van der Waals surface area contributed by atoms with Gasteiger partial charge in [-0.05, 0) is 25.0 Å². The van der Waals surface area contributed by atoms with E-state index in [-0.39, 0.29) is 0 Å². The molecule has 2 N–H and O–H groups in total. The molecule has 4 heteroatoms. The van der Waals surface area contributed by atoms with Crippen molar-refractivity contribution in [2.75, 3.05) is 11.4 Å². The molecule has 0 saturated heterocycles. The van der Waals surface area contributed by atoms with E-state index in [4.69, 9.17) is 0 Å². The Hall–Kier alpha value is -1.55. The third-order valence-electron chi connectivity index (χ3n) is 3.16. The van der Waals surface area contributed by atoms with E-state index in [2.05, 4.69) is 0 Å². The fourth-order valence-corrected chi connectivity index (χ4v) is 2.27. The Balaban J connectivity index is 2.21. The van der Waals surface area contributed by atoms with Crippen LogP contribution in [0.25, 0.3) is 0 Å². The predicted octanol–water partition coefficient (Wildman–Crippen LogP) is 1.27. The van der Waals surface area contributed by atoms with Crippen molar-refractivity contribution < 1.29 is 15.0 Å². The van der Waals surface area contributed by atoms with E-state index >= 15 is 0 Å². The highest BCUT2D eigenvalue weighted by Crippen LogP contribution is 2.32. The summed E-state index contributed by atoms with van der Waals surface area (Å²) in [5, 5.41) is 18.5. The standard InChI is InChI=1S/C13H17NO3/c1-9(15)6-7-14-11-5-3-2-4-10(11)8-12(14)13(16)17/h2-5,9,12,15H,6-8H2,1H3,(H,16,17). The van der Waals surface area contributed by atoms with Gasteiger partial charge in [0.2, 0.25) is 0 Å². The summed E-state index contributed by atoms with van der Waals surface area (Å²) in [6.07, 6.45) is 0.723. The number of carboxylic acid groups (broad SMARTS) is 1. The Morgan fingerprint density at radius 3 is 2.88 bits per heavy atom. The molecule has 1 aromatic carbocycles. The largest absolute Gasteiger partial charge is 0.480 e. The number of benzene rings is 1. The molecule has 17 heavy (non-hydrogen) atoms. The highest BCUT2D eigenvalue weighted by atomic mass is 16.4. The number of carboxylic acids is 1. The molecule has 0 bridgehead atoms. The van der Waals surface area contributed by atoms with Crippen LogP contribution in [0.15, 0.2) is 24.3 Å². The second kappa shape index (κ2) is 4.75. The molecule has 1 heterocycles. The number of carbonyl (C=O) groups is 1. The molecule has 1 aliphatic heterocycles. The molecular weight excluding hydrogens is 218 g/mol. The van der Waals surface area contributed by atoms with Crippen molar-refractivity contribution in [3.63, 3.8) is 0 Å². The summed E-state index contributed by atoms with van der Waals surface area (Å²) in [7, 11) is 0. The van der Waals surface area contributed by atoms with Crippen LogP contribution in [0, 0.1) is 0 Å². The summed E-state index contributed by atoms with van der Waals surface area (Å²) in [6, 6.07) is 7.26. The minimum Gasteiger partial charge on any atom is -0.480 e. The summed E-state index contributed by atoms with van der Waals surface area (Å²) in [5.41, 5.74) is 2.06. The first kappa shape index (κ1) is 11.9. The molecule has 0 aromatic heterocycles. The SMILES string of the molecule is CC(O)CCN1c2ccccc2CC1C(=O)O. The number of aliphatic hydroxyl groups excluding tert-OH is 1. The van der Waals surface area contributed by atoms with Crippen LogP contribution in [0.1, 0.15) is 18.9 Å². The van der Waals surface area contributed by atoms with Gasteiger partial charge in [-0.1, -0.05) is 18.2 Å². The number of hydrogen-bond acceptors (Lipinski definition) is 3. The third kappa shape index (κ3) is 2.42. The maximum Gasteiger partial charge on any atom is 0.326 e. The Morgan fingerprint density at radius 1 is 1.53 bits per heavy atom. The lowest BCUT2D eigenvalue weighted by atomic mass is 10.1. The van der Waals surface area contributed by atoms with Crippen LogP contribution < -0.4 is 4.90 Å². The molecule has 92 valence electrons. The number of rotatable bonds is 4. The van der Waals surface area contributed by atoms with Crippen molar-refractivity contribution in [2.24, 2.45) is 0 Å². The minimum absolute atomic E-state index is 0.405. The highest BCUT2D eigenvalue weighted by molar-refractivity contribution is 5.82. The van der Waals surface area contributed by atoms with Gasteiger partial charge in [-0.25, -0.2) is 4.79 Å². The first-order valence-electron chi connectivity index (χ1n) is 5.85. The smallest absolute Gasteiger partial charge is 0.326 e. The average Bonchev–Trinajstić information content (AvgIpc) is 2.65. The van der Waals surface area contributed by atoms with E-state index in [9.17, 15) is 15.0 Å². The van der Waals surface area contributed by atoms with Crippen LogP contribution in [0.4, 0.5) is 5.69 Å². The highest BCUT2D eigenvalue weighted by Gasteiger charge is 2.33. The number of anilines is 1. The van der Waals surface area contributed by atoms with E-state index in [1.807, 2.05) is 29.2 Å². The molecule has 0 spiro atoms. The topological polar surface area (TPSA) is 60.8 Å². The third-order valence-corrected chi connectivity index (χ3v) is 3.16. The van der Waals surface area contributed by atoms with Crippen LogP contribution in [-0.2, 0) is 11.2 Å². The van der Waals surface area contributed by atoms with Crippen LogP contribution in [0.5, 0.6) is 0 Å². The summed E-state index contributed by atoms with van der Waals surface area (Å²) in [6.45, 7) is 2.30. The van der Waals surface area contributed by atoms with Crippen LogP contribution in [0.3, 0.4) is 0 Å². The van der Waals surface area contributed by atoms with Gasteiger partial charge in [-0.3, -0.25) is 0 Å². The van der Waals surface area contributed by atoms with E-state index in [0.717, 1.165) is 11.3 Å². The molecule has 1 aromatic rings. The summed E-state index contributed by atoms with van der Waals surface area (Å²) in [4.78, 5) is 13.1. The van der Waals surface area contributed by atoms with Gasteiger partial charge in [0.1, 0.15) is 6.04 Å². The number of aliphatic hydroxyl groups is 1. The predicted molar refractivity (Wildman–Crippen MR) is 65.2 cm³/mol. The van der Waals surface area contributed by atoms with Crippen molar-refractivity contribution in [3.8, 4) is 0 Å². The van der Waals surface area contributed by atoms with Crippen molar-refractivity contribution >= 4 is 11.7 Å². The van der Waals surface area contributed by atoms with E-state index in [1.54, 1.807) is 6.92 Å². The Morgan fingerprint density at radius 2 is 2.24 bits per heavy atom. The van der Waals surface area contributed by atoms with E-state index in [0.29, 0.717) is 19.4 Å². The van der Waals surface area contributed by atoms with Crippen molar-refractivity contribution in [1.29, 1.82) is 0 Å². The normalized spacial score (nSPS) is 20.1. The van der Waals surface area contributed by atoms with Crippen LogP contribution >= 0.6 is 0 Å². The zero-order valence-corrected chi connectivity index (χ0v) is 9.84. The quantitative estimate of drug-likeness (QED) is 0.825. The first-order valence-corrected chi connectivity index (χ1v) is 5.85. The van der Waals surface area contributed by atoms with Crippen molar-refractivity contribution in [2.45, 2.75) is 31.9 Å². The fourth-order valence-electron chi connectivity index (χ4n) is 2.27. The van der Waals surface area contributed by atoms with Gasteiger partial charge in [0.25, 0.3) is 0 Å². The number of para-hydroxylation sites is 1. The Kier molecular flexibility index (Phi) is 3.33. The molecule has 4 nitrogen and oxygen atoms in total. The van der Waals surface area contributed by atoms with Crippen molar-refractivity contribution in [1.82, 2.24) is 0 Å². The Labute approximate surface area is 100 Å². The van der Waals surface area contributed by atoms with Gasteiger partial charge >= 0.3 is 5.97 Å². The number of aliphatic carboxylic acids is 1. The Bertz CT molecular complexity index is 417. The number of fused-ring (bicyclic) bond motifs is 1. The molecular formula is C13H17NO3. The molecule has 2 unspecified atom stereocenters. The second-order valence-corrected chi connectivity index (χ2v) is 4.52. The lowest BCUT2D eigenvalue weighted by molar-refractivity contribution is -0.138. The lowest BCUT2D eigenvalue weighted by Crippen LogP contribution is -2.39. The van der Waals surface area contributed by atoms with Gasteiger partial charge in [-0.2, -0.15) is 0 Å². The average molecular weight is 235 g/mol.